The molecule has 1 unspecified atom stereocenters. The second-order valence-corrected chi connectivity index (χ2v) is 5.99. The average Bonchev–Trinajstić information content (AvgIpc) is 2.69. The van der Waals surface area contributed by atoms with Crippen LogP contribution in [0.1, 0.15) is 62.6 Å². The minimum Gasteiger partial charge on any atom is -0.373 e. The first-order valence-electron chi connectivity index (χ1n) is 8.10. The molecule has 1 fully saturated rings. The van der Waals surface area contributed by atoms with E-state index in [1.54, 1.807) is 0 Å². The number of nitrogens with one attached hydrogen (secondary N) is 1. The van der Waals surface area contributed by atoms with Gasteiger partial charge in [-0.3, -0.25) is 0 Å². The summed E-state index contributed by atoms with van der Waals surface area (Å²) in [6, 6.07) is 9.01. The van der Waals surface area contributed by atoms with Crippen LogP contribution in [0.25, 0.3) is 0 Å². The second kappa shape index (κ2) is 7.24. The third-order valence-corrected chi connectivity index (χ3v) is 4.70. The Balaban J connectivity index is 2.36. The summed E-state index contributed by atoms with van der Waals surface area (Å²) in [6.45, 7) is 5.12. The molecule has 2 nitrogen and oxygen atoms in total. The maximum atomic E-state index is 6.35. The lowest BCUT2D eigenvalue weighted by molar-refractivity contribution is -0.0768. The van der Waals surface area contributed by atoms with Crippen LogP contribution < -0.4 is 5.32 Å². The number of hydrogen-bond acceptors (Lipinski definition) is 2. The highest BCUT2D eigenvalue weighted by Gasteiger charge is 2.40. The summed E-state index contributed by atoms with van der Waals surface area (Å²) in [7, 11) is 2.07. The van der Waals surface area contributed by atoms with E-state index in [0.717, 1.165) is 6.61 Å². The van der Waals surface area contributed by atoms with Gasteiger partial charge in [0.15, 0.2) is 0 Å². The molecule has 2 rings (SSSR count). The van der Waals surface area contributed by atoms with Gasteiger partial charge in [-0.05, 0) is 44.9 Å². The first-order valence-corrected chi connectivity index (χ1v) is 8.10. The summed E-state index contributed by atoms with van der Waals surface area (Å²) in [5.74, 6) is 0. The van der Waals surface area contributed by atoms with Crippen molar-refractivity contribution in [1.82, 2.24) is 5.32 Å². The Morgan fingerprint density at radius 2 is 1.80 bits per heavy atom. The first-order chi connectivity index (χ1) is 9.73. The molecule has 0 bridgehead atoms. The van der Waals surface area contributed by atoms with Gasteiger partial charge in [0.1, 0.15) is 0 Å². The molecule has 2 heteroatoms. The summed E-state index contributed by atoms with van der Waals surface area (Å²) >= 11 is 0. The number of ether oxygens (including phenoxy) is 1. The number of aryl methyl sites for hydroxylation is 1. The number of benzene rings is 1. The van der Waals surface area contributed by atoms with Gasteiger partial charge in [-0.25, -0.2) is 0 Å². The predicted octanol–water partition coefficient (Wildman–Crippen LogP) is 4.39. The largest absolute Gasteiger partial charge is 0.373 e. The minimum atomic E-state index is -0.0356. The van der Waals surface area contributed by atoms with Crippen molar-refractivity contribution < 1.29 is 4.74 Å². The van der Waals surface area contributed by atoms with Crippen LogP contribution in [0.4, 0.5) is 0 Å². The summed E-state index contributed by atoms with van der Waals surface area (Å²) in [4.78, 5) is 0. The van der Waals surface area contributed by atoms with Gasteiger partial charge < -0.3 is 10.1 Å². The standard InChI is InChI=1S/C18H29NO/c1-4-20-18(13-9-5-6-10-14-18)17(19-3)16-12-8-7-11-15(16)2/h7-8,11-12,17,19H,4-6,9-10,13-14H2,1-3H3. The highest BCUT2D eigenvalue weighted by atomic mass is 16.5. The fraction of sp³-hybridized carbons (Fsp3) is 0.667. The fourth-order valence-corrected chi connectivity index (χ4v) is 3.74. The SMILES string of the molecule is CCOC1(C(NC)c2ccccc2C)CCCCCC1. The van der Waals surface area contributed by atoms with Crippen molar-refractivity contribution in [2.24, 2.45) is 0 Å². The van der Waals surface area contributed by atoms with E-state index >= 15 is 0 Å². The summed E-state index contributed by atoms with van der Waals surface area (Å²) in [5.41, 5.74) is 2.71. The van der Waals surface area contributed by atoms with E-state index in [0.29, 0.717) is 6.04 Å². The Labute approximate surface area is 123 Å². The minimum absolute atomic E-state index is 0.0356. The van der Waals surface area contributed by atoms with Gasteiger partial charge in [-0.15, -0.1) is 0 Å². The zero-order valence-corrected chi connectivity index (χ0v) is 13.2. The lowest BCUT2D eigenvalue weighted by Crippen LogP contribution is -2.45. The van der Waals surface area contributed by atoms with Crippen LogP contribution >= 0.6 is 0 Å². The van der Waals surface area contributed by atoms with Crippen molar-refractivity contribution in [3.63, 3.8) is 0 Å². The topological polar surface area (TPSA) is 21.3 Å². The molecule has 1 saturated carbocycles. The van der Waals surface area contributed by atoms with E-state index in [-0.39, 0.29) is 5.60 Å². The highest BCUT2D eigenvalue weighted by molar-refractivity contribution is 5.31. The Morgan fingerprint density at radius 3 is 2.35 bits per heavy atom. The fourth-order valence-electron chi connectivity index (χ4n) is 3.74. The summed E-state index contributed by atoms with van der Waals surface area (Å²) in [6.07, 6.45) is 7.59. The van der Waals surface area contributed by atoms with Gasteiger partial charge in [-0.1, -0.05) is 49.9 Å². The number of likely N-dealkylation sites (N-methyl/N-ethyl adjacent to an activating group) is 1. The lowest BCUT2D eigenvalue weighted by atomic mass is 9.81. The van der Waals surface area contributed by atoms with Gasteiger partial charge in [0, 0.05) is 6.61 Å². The zero-order chi connectivity index (χ0) is 14.4. The first kappa shape index (κ1) is 15.5. The van der Waals surface area contributed by atoms with Gasteiger partial charge in [-0.2, -0.15) is 0 Å². The molecule has 1 aromatic carbocycles. The van der Waals surface area contributed by atoms with Crippen LogP contribution in [-0.2, 0) is 4.74 Å². The van der Waals surface area contributed by atoms with E-state index < -0.39 is 0 Å². The maximum absolute atomic E-state index is 6.35. The summed E-state index contributed by atoms with van der Waals surface area (Å²) < 4.78 is 6.35. The van der Waals surface area contributed by atoms with Crippen molar-refractivity contribution in [3.05, 3.63) is 35.4 Å². The number of rotatable bonds is 5. The Kier molecular flexibility index (Phi) is 5.62. The quantitative estimate of drug-likeness (QED) is 0.805. The molecular formula is C18H29NO. The third-order valence-electron chi connectivity index (χ3n) is 4.70. The van der Waals surface area contributed by atoms with Gasteiger partial charge in [0.2, 0.25) is 0 Å². The van der Waals surface area contributed by atoms with Crippen LogP contribution in [0.5, 0.6) is 0 Å². The van der Waals surface area contributed by atoms with E-state index in [4.69, 9.17) is 4.74 Å². The lowest BCUT2D eigenvalue weighted by Gasteiger charge is -2.41. The Bertz CT molecular complexity index is 408. The molecule has 0 aromatic heterocycles. The molecule has 0 amide bonds. The molecule has 1 atom stereocenters. The molecule has 0 spiro atoms. The summed E-state index contributed by atoms with van der Waals surface area (Å²) in [5, 5.41) is 3.56. The van der Waals surface area contributed by atoms with Crippen LogP contribution in [0.3, 0.4) is 0 Å². The van der Waals surface area contributed by atoms with Crippen LogP contribution in [0.2, 0.25) is 0 Å². The molecule has 0 radical (unpaired) electrons. The van der Waals surface area contributed by atoms with Crippen LogP contribution in [0.15, 0.2) is 24.3 Å². The molecule has 0 aliphatic heterocycles. The van der Waals surface area contributed by atoms with E-state index in [2.05, 4.69) is 50.5 Å². The molecule has 112 valence electrons. The van der Waals surface area contributed by atoms with Crippen LogP contribution in [0, 0.1) is 6.92 Å². The molecule has 0 heterocycles. The van der Waals surface area contributed by atoms with Crippen LogP contribution in [-0.4, -0.2) is 19.3 Å². The monoisotopic (exact) mass is 275 g/mol. The van der Waals surface area contributed by atoms with Crippen molar-refractivity contribution in [1.29, 1.82) is 0 Å². The smallest absolute Gasteiger partial charge is 0.0876 e. The number of hydrogen-bond donors (Lipinski definition) is 1. The van der Waals surface area contributed by atoms with E-state index in [1.807, 2.05) is 0 Å². The molecule has 20 heavy (non-hydrogen) atoms. The molecule has 1 aromatic rings. The highest BCUT2D eigenvalue weighted by Crippen LogP contribution is 2.41. The molecular weight excluding hydrogens is 246 g/mol. The van der Waals surface area contributed by atoms with E-state index in [1.165, 1.54) is 49.7 Å². The van der Waals surface area contributed by atoms with E-state index in [9.17, 15) is 0 Å². The maximum Gasteiger partial charge on any atom is 0.0876 e. The van der Waals surface area contributed by atoms with Gasteiger partial charge in [0.25, 0.3) is 0 Å². The Morgan fingerprint density at radius 1 is 1.15 bits per heavy atom. The third kappa shape index (κ3) is 3.24. The zero-order valence-electron chi connectivity index (χ0n) is 13.2. The van der Waals surface area contributed by atoms with Gasteiger partial charge in [0.05, 0.1) is 11.6 Å². The molecule has 0 saturated heterocycles. The molecule has 1 N–H and O–H groups in total. The van der Waals surface area contributed by atoms with Crippen molar-refractivity contribution in [2.45, 2.75) is 64.0 Å². The van der Waals surface area contributed by atoms with Gasteiger partial charge >= 0.3 is 0 Å². The Hall–Kier alpha value is -0.860. The van der Waals surface area contributed by atoms with Crippen molar-refractivity contribution in [2.75, 3.05) is 13.7 Å². The van der Waals surface area contributed by atoms with Crippen molar-refractivity contribution in [3.8, 4) is 0 Å². The predicted molar refractivity (Wildman–Crippen MR) is 85.0 cm³/mol. The molecule has 1 aliphatic rings. The van der Waals surface area contributed by atoms with Crippen molar-refractivity contribution >= 4 is 0 Å². The normalized spacial score (nSPS) is 20.4. The second-order valence-electron chi connectivity index (χ2n) is 5.99. The molecule has 1 aliphatic carbocycles. The average molecular weight is 275 g/mol.